The second-order valence-corrected chi connectivity index (χ2v) is 12.9. The predicted molar refractivity (Wildman–Crippen MR) is 102 cm³/mol. The molecule has 0 spiro atoms. The van der Waals surface area contributed by atoms with Gasteiger partial charge in [0.05, 0.1) is 6.61 Å². The van der Waals surface area contributed by atoms with Crippen molar-refractivity contribution in [2.24, 2.45) is 0 Å². The molecule has 0 N–H and O–H groups in total. The van der Waals surface area contributed by atoms with Crippen LogP contribution in [0.4, 0.5) is 0 Å². The number of aryl methyl sites for hydroxylation is 1. The highest BCUT2D eigenvalue weighted by molar-refractivity contribution is 14.1. The van der Waals surface area contributed by atoms with Gasteiger partial charge in [0.15, 0.2) is 0 Å². The minimum absolute atomic E-state index is 0.147. The lowest BCUT2D eigenvalue weighted by atomic mass is 10.1. The van der Waals surface area contributed by atoms with Crippen molar-refractivity contribution >= 4 is 36.9 Å². The number of carbonyl (C=O) groups is 1. The summed E-state index contributed by atoms with van der Waals surface area (Å²) in [5.41, 5.74) is 1.09. The fraction of sp³-hybridized carbons (Fsp3) is 0.588. The average molecular weight is 434 g/mol. The quantitative estimate of drug-likeness (QED) is 0.352. The van der Waals surface area contributed by atoms with Gasteiger partial charge in [0.2, 0.25) is 8.32 Å². The lowest BCUT2D eigenvalue weighted by Gasteiger charge is -2.37. The molecule has 0 aliphatic carbocycles. The Kier molecular flexibility index (Phi) is 6.92. The summed E-state index contributed by atoms with van der Waals surface area (Å²) in [5, 5.41) is 0.147. The second kappa shape index (κ2) is 7.81. The van der Waals surface area contributed by atoms with Gasteiger partial charge in [-0.05, 0) is 77.8 Å². The van der Waals surface area contributed by atoms with Gasteiger partial charge in [-0.2, -0.15) is 0 Å². The van der Waals surface area contributed by atoms with Gasteiger partial charge >= 0.3 is 5.97 Å². The fourth-order valence-corrected chi connectivity index (χ4v) is 3.35. The normalized spacial score (nSPS) is 12.1. The van der Waals surface area contributed by atoms with E-state index in [0.29, 0.717) is 19.4 Å². The number of carbonyl (C=O) groups excluding carboxylic acids is 1. The molecule has 0 unspecified atom stereocenters. The molecule has 0 atom stereocenters. The molecule has 22 heavy (non-hydrogen) atoms. The summed E-state index contributed by atoms with van der Waals surface area (Å²) < 4.78 is 12.6. The first-order valence-corrected chi connectivity index (χ1v) is 11.7. The number of esters is 1. The molecule has 1 rings (SSSR count). The molecule has 0 aliphatic rings. The SMILES string of the molecule is CCOC(=O)CCc1cc(I)ccc1O[Si](C)(C)C(C)(C)C. The van der Waals surface area contributed by atoms with Crippen LogP contribution in [0.25, 0.3) is 0 Å². The highest BCUT2D eigenvalue weighted by atomic mass is 127. The zero-order chi connectivity index (χ0) is 17.0. The highest BCUT2D eigenvalue weighted by Crippen LogP contribution is 2.38. The number of halogens is 1. The van der Waals surface area contributed by atoms with Crippen LogP contribution in [0.5, 0.6) is 5.75 Å². The number of rotatable bonds is 6. The molecule has 0 saturated carbocycles. The van der Waals surface area contributed by atoms with E-state index in [1.807, 2.05) is 13.0 Å². The summed E-state index contributed by atoms with van der Waals surface area (Å²) >= 11 is 2.29. The van der Waals surface area contributed by atoms with Crippen LogP contribution in [0.2, 0.25) is 18.1 Å². The van der Waals surface area contributed by atoms with Crippen molar-refractivity contribution in [2.45, 2.75) is 58.7 Å². The van der Waals surface area contributed by atoms with Gasteiger partial charge in [0.1, 0.15) is 5.75 Å². The third-order valence-corrected chi connectivity index (χ3v) is 9.11. The maximum Gasteiger partial charge on any atom is 0.306 e. The van der Waals surface area contributed by atoms with Crippen LogP contribution in [0.15, 0.2) is 18.2 Å². The summed E-state index contributed by atoms with van der Waals surface area (Å²) in [4.78, 5) is 11.6. The van der Waals surface area contributed by atoms with Crippen LogP contribution in [-0.4, -0.2) is 20.9 Å². The molecule has 3 nitrogen and oxygen atoms in total. The van der Waals surface area contributed by atoms with Gasteiger partial charge in [-0.1, -0.05) is 20.8 Å². The van der Waals surface area contributed by atoms with Crippen LogP contribution in [0.1, 0.15) is 39.7 Å². The van der Waals surface area contributed by atoms with Crippen LogP contribution in [0, 0.1) is 3.57 Å². The lowest BCUT2D eigenvalue weighted by Crippen LogP contribution is -2.44. The number of ether oxygens (including phenoxy) is 1. The number of hydrogen-bond donors (Lipinski definition) is 0. The van der Waals surface area contributed by atoms with Gasteiger partial charge in [-0.25, -0.2) is 0 Å². The largest absolute Gasteiger partial charge is 0.543 e. The van der Waals surface area contributed by atoms with Gasteiger partial charge < -0.3 is 9.16 Å². The standard InChI is InChI=1S/C17H27IO3Si/c1-7-20-16(19)11-8-13-12-14(18)9-10-15(13)21-22(5,6)17(2,3)4/h9-10,12H,7-8,11H2,1-6H3. The van der Waals surface area contributed by atoms with Crippen molar-refractivity contribution in [1.29, 1.82) is 0 Å². The van der Waals surface area contributed by atoms with E-state index in [1.54, 1.807) is 0 Å². The van der Waals surface area contributed by atoms with Crippen LogP contribution < -0.4 is 4.43 Å². The zero-order valence-corrected chi connectivity index (χ0v) is 17.6. The van der Waals surface area contributed by atoms with E-state index < -0.39 is 8.32 Å². The second-order valence-electron chi connectivity index (χ2n) is 6.92. The van der Waals surface area contributed by atoms with Crippen LogP contribution in [-0.2, 0) is 16.0 Å². The molecule has 0 bridgehead atoms. The Morgan fingerprint density at radius 1 is 1.27 bits per heavy atom. The first-order chi connectivity index (χ1) is 10.1. The third kappa shape index (κ3) is 5.57. The van der Waals surface area contributed by atoms with Crippen molar-refractivity contribution < 1.29 is 14.0 Å². The van der Waals surface area contributed by atoms with Crippen molar-refractivity contribution in [3.8, 4) is 5.75 Å². The molecule has 0 amide bonds. The topological polar surface area (TPSA) is 35.5 Å². The van der Waals surface area contributed by atoms with E-state index in [4.69, 9.17) is 9.16 Å². The molecule has 124 valence electrons. The molecule has 0 fully saturated rings. The number of hydrogen-bond acceptors (Lipinski definition) is 3. The fourth-order valence-electron chi connectivity index (χ4n) is 1.74. The van der Waals surface area contributed by atoms with Crippen molar-refractivity contribution in [3.05, 3.63) is 27.3 Å². The minimum Gasteiger partial charge on any atom is -0.543 e. The van der Waals surface area contributed by atoms with Gasteiger partial charge in [-0.15, -0.1) is 0 Å². The van der Waals surface area contributed by atoms with Gasteiger partial charge in [0, 0.05) is 9.99 Å². The molecule has 0 aromatic heterocycles. The van der Waals surface area contributed by atoms with Crippen molar-refractivity contribution in [1.82, 2.24) is 0 Å². The van der Waals surface area contributed by atoms with E-state index in [9.17, 15) is 4.79 Å². The van der Waals surface area contributed by atoms with E-state index in [-0.39, 0.29) is 11.0 Å². The molecular weight excluding hydrogens is 407 g/mol. The summed E-state index contributed by atoms with van der Waals surface area (Å²) in [6.45, 7) is 13.4. The van der Waals surface area contributed by atoms with E-state index in [1.165, 1.54) is 0 Å². The molecule has 1 aromatic rings. The molecular formula is C17H27IO3Si. The highest BCUT2D eigenvalue weighted by Gasteiger charge is 2.39. The Bertz CT molecular complexity index is 521. The van der Waals surface area contributed by atoms with E-state index in [0.717, 1.165) is 14.9 Å². The zero-order valence-electron chi connectivity index (χ0n) is 14.5. The summed E-state index contributed by atoms with van der Waals surface area (Å²) in [5.74, 6) is 0.760. The Labute approximate surface area is 149 Å². The molecule has 0 saturated heterocycles. The lowest BCUT2D eigenvalue weighted by molar-refractivity contribution is -0.143. The third-order valence-electron chi connectivity index (χ3n) is 4.10. The predicted octanol–water partition coefficient (Wildman–Crippen LogP) is 5.17. The monoisotopic (exact) mass is 434 g/mol. The van der Waals surface area contributed by atoms with Crippen LogP contribution >= 0.6 is 22.6 Å². The molecule has 5 heteroatoms. The molecule has 0 aliphatic heterocycles. The Balaban J connectivity index is 2.94. The van der Waals surface area contributed by atoms with Gasteiger partial charge in [0.25, 0.3) is 0 Å². The van der Waals surface area contributed by atoms with Crippen LogP contribution in [0.3, 0.4) is 0 Å². The Hall–Kier alpha value is -0.563. The molecule has 0 heterocycles. The maximum atomic E-state index is 11.6. The van der Waals surface area contributed by atoms with E-state index in [2.05, 4.69) is 68.6 Å². The minimum atomic E-state index is -1.88. The Morgan fingerprint density at radius 2 is 1.91 bits per heavy atom. The van der Waals surface area contributed by atoms with E-state index >= 15 is 0 Å². The van der Waals surface area contributed by atoms with Gasteiger partial charge in [-0.3, -0.25) is 4.79 Å². The molecule has 0 radical (unpaired) electrons. The molecule has 1 aromatic carbocycles. The maximum absolute atomic E-state index is 11.6. The summed E-state index contributed by atoms with van der Waals surface area (Å²) in [6.07, 6.45) is 1.04. The van der Waals surface area contributed by atoms with Crippen molar-refractivity contribution in [2.75, 3.05) is 6.61 Å². The Morgan fingerprint density at radius 3 is 2.45 bits per heavy atom. The first kappa shape index (κ1) is 19.5. The summed E-state index contributed by atoms with van der Waals surface area (Å²) in [7, 11) is -1.88. The average Bonchev–Trinajstić information content (AvgIpc) is 2.38. The first-order valence-electron chi connectivity index (χ1n) is 7.70. The smallest absolute Gasteiger partial charge is 0.306 e. The van der Waals surface area contributed by atoms with Crippen molar-refractivity contribution in [3.63, 3.8) is 0 Å². The number of benzene rings is 1. The summed E-state index contributed by atoms with van der Waals surface area (Å²) in [6, 6.07) is 6.18.